The highest BCUT2D eigenvalue weighted by atomic mass is 16.1. The van der Waals surface area contributed by atoms with Gasteiger partial charge in [0.05, 0.1) is 17.4 Å². The van der Waals surface area contributed by atoms with E-state index < -0.39 is 0 Å². The van der Waals surface area contributed by atoms with Crippen LogP contribution in [0.1, 0.15) is 27.0 Å². The van der Waals surface area contributed by atoms with Crippen molar-refractivity contribution < 1.29 is 4.79 Å². The minimum absolute atomic E-state index is 0.109. The molecule has 0 saturated heterocycles. The smallest absolute Gasteiger partial charge is 0.255 e. The summed E-state index contributed by atoms with van der Waals surface area (Å²) in [4.78, 5) is 16.8. The van der Waals surface area contributed by atoms with E-state index in [4.69, 9.17) is 0 Å². The highest BCUT2D eigenvalue weighted by Crippen LogP contribution is 2.23. The summed E-state index contributed by atoms with van der Waals surface area (Å²) in [5.41, 5.74) is 6.69. The van der Waals surface area contributed by atoms with E-state index in [1.807, 2.05) is 43.7 Å². The van der Waals surface area contributed by atoms with Gasteiger partial charge in [-0.1, -0.05) is 17.7 Å². The van der Waals surface area contributed by atoms with Gasteiger partial charge in [0.25, 0.3) is 5.91 Å². The van der Waals surface area contributed by atoms with Gasteiger partial charge in [-0.3, -0.25) is 4.79 Å². The van der Waals surface area contributed by atoms with Crippen molar-refractivity contribution in [1.29, 1.82) is 0 Å². The van der Waals surface area contributed by atoms with Gasteiger partial charge in [-0.05, 0) is 50.1 Å². The van der Waals surface area contributed by atoms with Crippen LogP contribution in [0.3, 0.4) is 0 Å². The van der Waals surface area contributed by atoms with Crippen LogP contribution in [-0.2, 0) is 7.05 Å². The van der Waals surface area contributed by atoms with Gasteiger partial charge in [-0.2, -0.15) is 0 Å². The number of carbonyl (C=O) groups is 1. The van der Waals surface area contributed by atoms with E-state index in [2.05, 4.69) is 29.4 Å². The quantitative estimate of drug-likeness (QED) is 0.782. The first-order valence-corrected chi connectivity index (χ1v) is 7.26. The predicted molar refractivity (Wildman–Crippen MR) is 89.3 cm³/mol. The van der Waals surface area contributed by atoms with Gasteiger partial charge in [-0.25, -0.2) is 4.98 Å². The normalized spacial score (nSPS) is 10.9. The summed E-state index contributed by atoms with van der Waals surface area (Å²) in [6.45, 7) is 6.08. The Bertz CT molecular complexity index is 854. The monoisotopic (exact) mass is 293 g/mol. The lowest BCUT2D eigenvalue weighted by Crippen LogP contribution is -2.14. The van der Waals surface area contributed by atoms with Crippen molar-refractivity contribution in [1.82, 2.24) is 9.55 Å². The van der Waals surface area contributed by atoms with Gasteiger partial charge in [-0.15, -0.1) is 0 Å². The van der Waals surface area contributed by atoms with Crippen LogP contribution in [0.4, 0.5) is 5.69 Å². The van der Waals surface area contributed by atoms with Crippen LogP contribution in [0.15, 0.2) is 36.7 Å². The number of fused-ring (bicyclic) bond motifs is 1. The summed E-state index contributed by atoms with van der Waals surface area (Å²) in [7, 11) is 1.94. The molecular weight excluding hydrogens is 274 g/mol. The van der Waals surface area contributed by atoms with Crippen molar-refractivity contribution in [3.8, 4) is 0 Å². The molecule has 0 saturated carbocycles. The maximum atomic E-state index is 12.5. The summed E-state index contributed by atoms with van der Waals surface area (Å²) in [6.07, 6.45) is 1.75. The first kappa shape index (κ1) is 14.3. The number of amides is 1. The van der Waals surface area contributed by atoms with Crippen molar-refractivity contribution in [3.63, 3.8) is 0 Å². The third kappa shape index (κ3) is 2.48. The van der Waals surface area contributed by atoms with E-state index in [0.29, 0.717) is 5.56 Å². The van der Waals surface area contributed by atoms with Crippen molar-refractivity contribution in [2.75, 3.05) is 5.32 Å². The molecule has 0 unspecified atom stereocenters. The van der Waals surface area contributed by atoms with Crippen LogP contribution >= 0.6 is 0 Å². The highest BCUT2D eigenvalue weighted by molar-refractivity contribution is 6.06. The van der Waals surface area contributed by atoms with E-state index in [1.54, 1.807) is 6.33 Å². The lowest BCUT2D eigenvalue weighted by Gasteiger charge is -2.13. The van der Waals surface area contributed by atoms with Crippen LogP contribution in [0, 0.1) is 20.8 Å². The second-order valence-electron chi connectivity index (χ2n) is 5.79. The topological polar surface area (TPSA) is 46.9 Å². The number of aromatic nitrogens is 2. The SMILES string of the molecule is Cc1cc(C)c(NC(=O)c2ccc3c(c2)ncn3C)c(C)c1. The molecule has 0 spiro atoms. The molecule has 4 nitrogen and oxygen atoms in total. The van der Waals surface area contributed by atoms with Gasteiger partial charge in [0, 0.05) is 18.3 Å². The summed E-state index contributed by atoms with van der Waals surface area (Å²) in [5, 5.41) is 3.02. The molecule has 0 fully saturated rings. The van der Waals surface area contributed by atoms with Gasteiger partial charge >= 0.3 is 0 Å². The zero-order valence-electron chi connectivity index (χ0n) is 13.3. The van der Waals surface area contributed by atoms with Crippen molar-refractivity contribution in [2.24, 2.45) is 7.05 Å². The van der Waals surface area contributed by atoms with Crippen LogP contribution in [-0.4, -0.2) is 15.5 Å². The number of imidazole rings is 1. The Morgan fingerprint density at radius 3 is 2.45 bits per heavy atom. The largest absolute Gasteiger partial charge is 0.334 e. The summed E-state index contributed by atoms with van der Waals surface area (Å²) in [6, 6.07) is 9.73. The lowest BCUT2D eigenvalue weighted by molar-refractivity contribution is 0.102. The molecule has 112 valence electrons. The van der Waals surface area contributed by atoms with E-state index in [9.17, 15) is 4.79 Å². The number of hydrogen-bond acceptors (Lipinski definition) is 2. The Kier molecular flexibility index (Phi) is 3.45. The Labute approximate surface area is 129 Å². The Morgan fingerprint density at radius 1 is 1.09 bits per heavy atom. The zero-order chi connectivity index (χ0) is 15.9. The molecule has 1 N–H and O–H groups in total. The lowest BCUT2D eigenvalue weighted by atomic mass is 10.0. The molecular formula is C18H19N3O. The van der Waals surface area contributed by atoms with Crippen LogP contribution in [0.25, 0.3) is 11.0 Å². The second-order valence-corrected chi connectivity index (χ2v) is 5.79. The zero-order valence-corrected chi connectivity index (χ0v) is 13.3. The fraction of sp³-hybridized carbons (Fsp3) is 0.222. The third-order valence-electron chi connectivity index (χ3n) is 3.90. The number of nitrogens with one attached hydrogen (secondary N) is 1. The molecule has 0 atom stereocenters. The number of aryl methyl sites for hydroxylation is 4. The highest BCUT2D eigenvalue weighted by Gasteiger charge is 2.12. The molecule has 1 heterocycles. The maximum Gasteiger partial charge on any atom is 0.255 e. The predicted octanol–water partition coefficient (Wildman–Crippen LogP) is 3.75. The Hall–Kier alpha value is -2.62. The molecule has 22 heavy (non-hydrogen) atoms. The van der Waals surface area contributed by atoms with E-state index >= 15 is 0 Å². The molecule has 0 aliphatic heterocycles. The number of rotatable bonds is 2. The average molecular weight is 293 g/mol. The first-order chi connectivity index (χ1) is 10.5. The Morgan fingerprint density at radius 2 is 1.77 bits per heavy atom. The minimum atomic E-state index is -0.109. The molecule has 0 aliphatic carbocycles. The van der Waals surface area contributed by atoms with Crippen molar-refractivity contribution >= 4 is 22.6 Å². The van der Waals surface area contributed by atoms with E-state index in [0.717, 1.165) is 27.8 Å². The first-order valence-electron chi connectivity index (χ1n) is 7.26. The molecule has 3 rings (SSSR count). The molecule has 2 aromatic carbocycles. The van der Waals surface area contributed by atoms with Crippen LogP contribution in [0.2, 0.25) is 0 Å². The number of anilines is 1. The summed E-state index contributed by atoms with van der Waals surface area (Å²) < 4.78 is 1.94. The standard InChI is InChI=1S/C18H19N3O/c1-11-7-12(2)17(13(3)8-11)20-18(22)14-5-6-16-15(9-14)19-10-21(16)4/h5-10H,1-4H3,(H,20,22). The summed E-state index contributed by atoms with van der Waals surface area (Å²) in [5.74, 6) is -0.109. The fourth-order valence-electron chi connectivity index (χ4n) is 2.84. The van der Waals surface area contributed by atoms with Gasteiger partial charge in [0.1, 0.15) is 0 Å². The van der Waals surface area contributed by atoms with Gasteiger partial charge in [0.2, 0.25) is 0 Å². The van der Waals surface area contributed by atoms with Crippen molar-refractivity contribution in [3.05, 3.63) is 58.9 Å². The fourth-order valence-corrected chi connectivity index (χ4v) is 2.84. The average Bonchev–Trinajstić information content (AvgIpc) is 2.83. The molecule has 1 amide bonds. The van der Waals surface area contributed by atoms with Gasteiger partial charge < -0.3 is 9.88 Å². The molecule has 0 radical (unpaired) electrons. The summed E-state index contributed by atoms with van der Waals surface area (Å²) >= 11 is 0. The molecule has 4 heteroatoms. The third-order valence-corrected chi connectivity index (χ3v) is 3.90. The van der Waals surface area contributed by atoms with Crippen LogP contribution < -0.4 is 5.32 Å². The second kappa shape index (κ2) is 5.30. The van der Waals surface area contributed by atoms with E-state index in [1.165, 1.54) is 5.56 Å². The Balaban J connectivity index is 1.93. The number of carbonyl (C=O) groups excluding carboxylic acids is 1. The van der Waals surface area contributed by atoms with Gasteiger partial charge in [0.15, 0.2) is 0 Å². The van der Waals surface area contributed by atoms with Crippen LogP contribution in [0.5, 0.6) is 0 Å². The maximum absolute atomic E-state index is 12.5. The molecule has 0 aliphatic rings. The molecule has 3 aromatic rings. The molecule has 0 bridgehead atoms. The van der Waals surface area contributed by atoms with E-state index in [-0.39, 0.29) is 5.91 Å². The minimum Gasteiger partial charge on any atom is -0.334 e. The molecule has 1 aromatic heterocycles. The number of hydrogen-bond donors (Lipinski definition) is 1. The number of nitrogens with zero attached hydrogens (tertiary/aromatic N) is 2. The number of benzene rings is 2. The van der Waals surface area contributed by atoms with Crippen molar-refractivity contribution in [2.45, 2.75) is 20.8 Å².